The van der Waals surface area contributed by atoms with Crippen LogP contribution >= 0.6 is 0 Å². The fourth-order valence-electron chi connectivity index (χ4n) is 3.54. The molecule has 2 N–H and O–H groups in total. The molecule has 3 heterocycles. The van der Waals surface area contributed by atoms with Gasteiger partial charge in [0.05, 0.1) is 5.69 Å². The Morgan fingerprint density at radius 2 is 2.24 bits per heavy atom. The first-order chi connectivity index (χ1) is 10.1. The van der Waals surface area contributed by atoms with Gasteiger partial charge in [-0.05, 0) is 33.2 Å². The van der Waals surface area contributed by atoms with Crippen molar-refractivity contribution in [3.8, 4) is 0 Å². The van der Waals surface area contributed by atoms with Crippen LogP contribution in [0.5, 0.6) is 0 Å². The summed E-state index contributed by atoms with van der Waals surface area (Å²) < 4.78 is 1.73. The molecule has 2 saturated heterocycles. The zero-order valence-corrected chi connectivity index (χ0v) is 13.0. The summed E-state index contributed by atoms with van der Waals surface area (Å²) in [4.78, 5) is 17.3. The molecular formula is C15H25N5O. The molecule has 0 saturated carbocycles. The monoisotopic (exact) mass is 291 g/mol. The van der Waals surface area contributed by atoms with E-state index in [1.807, 2.05) is 11.8 Å². The molecule has 2 atom stereocenters. The number of anilines is 1. The van der Waals surface area contributed by atoms with Crippen LogP contribution in [0.25, 0.3) is 0 Å². The van der Waals surface area contributed by atoms with Crippen LogP contribution in [-0.4, -0.2) is 57.2 Å². The minimum Gasteiger partial charge on any atom is -0.396 e. The number of amides is 1. The maximum Gasteiger partial charge on any atom is 0.276 e. The Hall–Kier alpha value is -1.56. The molecule has 3 rings (SSSR count). The normalized spacial score (nSPS) is 26.7. The summed E-state index contributed by atoms with van der Waals surface area (Å²) in [5.74, 6) is -0.0163. The van der Waals surface area contributed by atoms with Gasteiger partial charge in [-0.15, -0.1) is 0 Å². The van der Waals surface area contributed by atoms with Gasteiger partial charge in [-0.3, -0.25) is 14.4 Å². The number of nitrogens with zero attached hydrogens (tertiary/aromatic N) is 4. The van der Waals surface area contributed by atoms with E-state index in [4.69, 9.17) is 5.73 Å². The molecule has 2 fully saturated rings. The van der Waals surface area contributed by atoms with Gasteiger partial charge in [-0.25, -0.2) is 0 Å². The predicted octanol–water partition coefficient (Wildman–Crippen LogP) is 1.18. The standard InChI is InChI=1S/C15H25N5O/c1-3-19-10-13(16)14(17-19)15(21)20-9-12-6-4-5-7-18(12)8-11(20)2/h10-12H,3-9,16H2,1-2H3. The van der Waals surface area contributed by atoms with Crippen molar-refractivity contribution < 1.29 is 4.79 Å². The summed E-state index contributed by atoms with van der Waals surface area (Å²) in [7, 11) is 0. The molecule has 2 unspecified atom stereocenters. The molecule has 6 heteroatoms. The number of rotatable bonds is 2. The molecule has 0 bridgehead atoms. The van der Waals surface area contributed by atoms with E-state index in [1.165, 1.54) is 25.8 Å². The van der Waals surface area contributed by atoms with E-state index in [9.17, 15) is 4.79 Å². The Balaban J connectivity index is 1.78. The Bertz CT molecular complexity index is 526. The molecule has 21 heavy (non-hydrogen) atoms. The van der Waals surface area contributed by atoms with Crippen molar-refractivity contribution in [2.45, 2.75) is 51.7 Å². The first-order valence-corrected chi connectivity index (χ1v) is 7.98. The summed E-state index contributed by atoms with van der Waals surface area (Å²) >= 11 is 0. The van der Waals surface area contributed by atoms with E-state index < -0.39 is 0 Å². The van der Waals surface area contributed by atoms with E-state index >= 15 is 0 Å². The molecule has 1 aromatic heterocycles. The third kappa shape index (κ3) is 2.64. The van der Waals surface area contributed by atoms with Crippen LogP contribution in [0, 0.1) is 0 Å². The molecule has 2 aliphatic rings. The molecule has 0 radical (unpaired) electrons. The number of piperidine rings is 1. The third-order valence-corrected chi connectivity index (χ3v) is 4.76. The van der Waals surface area contributed by atoms with E-state index in [0.29, 0.717) is 17.4 Å². The topological polar surface area (TPSA) is 67.4 Å². The summed E-state index contributed by atoms with van der Waals surface area (Å²) in [5, 5.41) is 4.33. The van der Waals surface area contributed by atoms with Gasteiger partial charge in [0, 0.05) is 37.9 Å². The van der Waals surface area contributed by atoms with Crippen LogP contribution in [0.1, 0.15) is 43.6 Å². The van der Waals surface area contributed by atoms with Crippen LogP contribution in [0.4, 0.5) is 5.69 Å². The quantitative estimate of drug-likeness (QED) is 0.888. The third-order valence-electron chi connectivity index (χ3n) is 4.76. The number of hydrogen-bond donors (Lipinski definition) is 1. The number of piperazine rings is 1. The number of nitrogen functional groups attached to an aromatic ring is 1. The second kappa shape index (κ2) is 5.67. The van der Waals surface area contributed by atoms with Crippen molar-refractivity contribution >= 4 is 11.6 Å². The van der Waals surface area contributed by atoms with Crippen LogP contribution in [0.2, 0.25) is 0 Å². The Morgan fingerprint density at radius 3 is 2.95 bits per heavy atom. The van der Waals surface area contributed by atoms with Gasteiger partial charge in [-0.2, -0.15) is 5.10 Å². The van der Waals surface area contributed by atoms with Crippen LogP contribution in [-0.2, 0) is 6.54 Å². The van der Waals surface area contributed by atoms with Crippen LogP contribution < -0.4 is 5.73 Å². The molecule has 6 nitrogen and oxygen atoms in total. The largest absolute Gasteiger partial charge is 0.396 e. The first kappa shape index (κ1) is 14.4. The molecule has 0 aliphatic carbocycles. The van der Waals surface area contributed by atoms with Crippen molar-refractivity contribution in [2.24, 2.45) is 0 Å². The number of fused-ring (bicyclic) bond motifs is 1. The van der Waals surface area contributed by atoms with E-state index in [-0.39, 0.29) is 11.9 Å². The van der Waals surface area contributed by atoms with Gasteiger partial charge < -0.3 is 10.6 Å². The van der Waals surface area contributed by atoms with Crippen LogP contribution in [0.15, 0.2) is 6.20 Å². The molecular weight excluding hydrogens is 266 g/mol. The second-order valence-corrected chi connectivity index (χ2v) is 6.24. The fraction of sp³-hybridized carbons (Fsp3) is 0.733. The highest BCUT2D eigenvalue weighted by Gasteiger charge is 2.36. The highest BCUT2D eigenvalue weighted by molar-refractivity contribution is 5.97. The smallest absolute Gasteiger partial charge is 0.276 e. The maximum atomic E-state index is 12.8. The minimum absolute atomic E-state index is 0.0163. The highest BCUT2D eigenvalue weighted by atomic mass is 16.2. The van der Waals surface area contributed by atoms with Crippen molar-refractivity contribution in [1.29, 1.82) is 0 Å². The zero-order valence-electron chi connectivity index (χ0n) is 13.0. The van der Waals surface area contributed by atoms with Gasteiger partial charge in [0.1, 0.15) is 0 Å². The number of aryl methyl sites for hydroxylation is 1. The Labute approximate surface area is 125 Å². The van der Waals surface area contributed by atoms with Crippen LogP contribution in [0.3, 0.4) is 0 Å². The number of carbonyl (C=O) groups excluding carboxylic acids is 1. The lowest BCUT2D eigenvalue weighted by Crippen LogP contribution is -2.60. The molecule has 1 amide bonds. The SMILES string of the molecule is CCn1cc(N)c(C(=O)N2CC3CCCCN3CC2C)n1. The fourth-order valence-corrected chi connectivity index (χ4v) is 3.54. The molecule has 1 aromatic rings. The molecule has 116 valence electrons. The van der Waals surface area contributed by atoms with Crippen molar-refractivity contribution in [3.05, 3.63) is 11.9 Å². The lowest BCUT2D eigenvalue weighted by Gasteiger charge is -2.47. The minimum atomic E-state index is -0.0163. The predicted molar refractivity (Wildman–Crippen MR) is 82.0 cm³/mol. The summed E-state index contributed by atoms with van der Waals surface area (Å²) in [6.07, 6.45) is 5.49. The van der Waals surface area contributed by atoms with Gasteiger partial charge in [0.15, 0.2) is 5.69 Å². The van der Waals surface area contributed by atoms with Gasteiger partial charge in [0.25, 0.3) is 5.91 Å². The average molecular weight is 291 g/mol. The van der Waals surface area contributed by atoms with Gasteiger partial charge in [0.2, 0.25) is 0 Å². The molecule has 0 spiro atoms. The van der Waals surface area contributed by atoms with Gasteiger partial charge >= 0.3 is 0 Å². The van der Waals surface area contributed by atoms with Crippen molar-refractivity contribution in [1.82, 2.24) is 19.6 Å². The number of aromatic nitrogens is 2. The van der Waals surface area contributed by atoms with Crippen molar-refractivity contribution in [3.63, 3.8) is 0 Å². The summed E-state index contributed by atoms with van der Waals surface area (Å²) in [6, 6.07) is 0.728. The molecule has 2 aliphatic heterocycles. The van der Waals surface area contributed by atoms with E-state index in [1.54, 1.807) is 10.9 Å². The van der Waals surface area contributed by atoms with E-state index in [0.717, 1.165) is 19.6 Å². The number of nitrogens with two attached hydrogens (primary N) is 1. The summed E-state index contributed by atoms with van der Waals surface area (Å²) in [5.41, 5.74) is 6.86. The zero-order chi connectivity index (χ0) is 15.0. The Morgan fingerprint density at radius 1 is 1.43 bits per heavy atom. The Kier molecular flexibility index (Phi) is 3.89. The van der Waals surface area contributed by atoms with E-state index in [2.05, 4.69) is 16.9 Å². The summed E-state index contributed by atoms with van der Waals surface area (Å²) in [6.45, 7) is 7.77. The lowest BCUT2D eigenvalue weighted by atomic mass is 9.97. The maximum absolute atomic E-state index is 12.8. The number of hydrogen-bond acceptors (Lipinski definition) is 4. The highest BCUT2D eigenvalue weighted by Crippen LogP contribution is 2.25. The average Bonchev–Trinajstić information content (AvgIpc) is 2.87. The first-order valence-electron chi connectivity index (χ1n) is 7.98. The number of carbonyl (C=O) groups is 1. The van der Waals surface area contributed by atoms with Gasteiger partial charge in [-0.1, -0.05) is 6.42 Å². The van der Waals surface area contributed by atoms with Crippen molar-refractivity contribution in [2.75, 3.05) is 25.4 Å². The second-order valence-electron chi connectivity index (χ2n) is 6.24. The molecule has 0 aromatic carbocycles. The lowest BCUT2D eigenvalue weighted by molar-refractivity contribution is 0.0148.